The number of nitrogens with two attached hydrogens (primary N) is 1. The molecule has 0 saturated carbocycles. The van der Waals surface area contributed by atoms with Crippen LogP contribution in [0.4, 0.5) is 4.39 Å². The summed E-state index contributed by atoms with van der Waals surface area (Å²) in [5.74, 6) is -1.02. The fraction of sp³-hybridized carbons (Fsp3) is 0.462. The van der Waals surface area contributed by atoms with Crippen LogP contribution in [-0.4, -0.2) is 13.1 Å². The third-order valence-electron chi connectivity index (χ3n) is 2.83. The van der Waals surface area contributed by atoms with Crippen molar-refractivity contribution in [1.29, 1.82) is 0 Å². The van der Waals surface area contributed by atoms with Crippen LogP contribution in [0.1, 0.15) is 25.5 Å². The number of benzene rings is 1. The summed E-state index contributed by atoms with van der Waals surface area (Å²) in [6, 6.07) is 5.38. The zero-order valence-electron chi connectivity index (χ0n) is 10.3. The van der Waals surface area contributed by atoms with Crippen molar-refractivity contribution in [3.8, 4) is 0 Å². The molecule has 0 spiro atoms. The number of carbonyl (C=O) groups excluding carboxylic acids is 1. The van der Waals surface area contributed by atoms with E-state index in [1.54, 1.807) is 12.1 Å². The number of ether oxygens (including phenoxy) is 1. The van der Waals surface area contributed by atoms with Gasteiger partial charge in [0.1, 0.15) is 5.82 Å². The molecule has 2 unspecified atom stereocenters. The van der Waals surface area contributed by atoms with Gasteiger partial charge >= 0.3 is 5.97 Å². The molecule has 1 rings (SSSR count). The minimum Gasteiger partial charge on any atom is -0.469 e. The van der Waals surface area contributed by atoms with Crippen LogP contribution in [0, 0.1) is 17.7 Å². The largest absolute Gasteiger partial charge is 0.469 e. The Kier molecular flexibility index (Phi) is 4.63. The minimum absolute atomic E-state index is 0.0579. The van der Waals surface area contributed by atoms with Crippen LogP contribution in [0.15, 0.2) is 24.3 Å². The third-order valence-corrected chi connectivity index (χ3v) is 2.83. The van der Waals surface area contributed by atoms with Crippen molar-refractivity contribution in [2.75, 3.05) is 7.11 Å². The molecule has 0 aliphatic rings. The summed E-state index contributed by atoms with van der Waals surface area (Å²) in [5, 5.41) is 0. The fourth-order valence-corrected chi connectivity index (χ4v) is 1.86. The van der Waals surface area contributed by atoms with Crippen molar-refractivity contribution in [2.24, 2.45) is 17.6 Å². The van der Waals surface area contributed by atoms with E-state index in [-0.39, 0.29) is 17.7 Å². The van der Waals surface area contributed by atoms with E-state index in [1.165, 1.54) is 19.2 Å². The van der Waals surface area contributed by atoms with Crippen molar-refractivity contribution in [1.82, 2.24) is 0 Å². The normalized spacial score (nSPS) is 14.5. The lowest BCUT2D eigenvalue weighted by Crippen LogP contribution is -2.33. The van der Waals surface area contributed by atoms with E-state index in [0.29, 0.717) is 0 Å². The molecule has 94 valence electrons. The molecule has 4 heteroatoms. The quantitative estimate of drug-likeness (QED) is 0.820. The molecular weight excluding hydrogens is 221 g/mol. The average Bonchev–Trinajstić information content (AvgIpc) is 2.29. The average molecular weight is 239 g/mol. The molecule has 0 saturated heterocycles. The Morgan fingerprint density at radius 3 is 2.24 bits per heavy atom. The van der Waals surface area contributed by atoms with Gasteiger partial charge < -0.3 is 10.5 Å². The van der Waals surface area contributed by atoms with Crippen molar-refractivity contribution >= 4 is 5.97 Å². The number of esters is 1. The molecule has 0 heterocycles. The molecule has 3 nitrogen and oxygen atoms in total. The first-order valence-corrected chi connectivity index (χ1v) is 5.56. The first-order chi connectivity index (χ1) is 7.97. The second-order valence-corrected chi connectivity index (χ2v) is 4.37. The van der Waals surface area contributed by atoms with Crippen LogP contribution in [0.5, 0.6) is 0 Å². The Morgan fingerprint density at radius 1 is 1.29 bits per heavy atom. The first-order valence-electron chi connectivity index (χ1n) is 5.56. The highest BCUT2D eigenvalue weighted by Gasteiger charge is 2.30. The first kappa shape index (κ1) is 13.6. The Hall–Kier alpha value is -1.42. The van der Waals surface area contributed by atoms with Crippen LogP contribution < -0.4 is 5.73 Å². The minimum atomic E-state index is -0.483. The Labute approximate surface area is 101 Å². The van der Waals surface area contributed by atoms with Crippen molar-refractivity contribution < 1.29 is 13.9 Å². The zero-order chi connectivity index (χ0) is 13.0. The Morgan fingerprint density at radius 2 is 1.82 bits per heavy atom. The molecule has 1 aromatic carbocycles. The van der Waals surface area contributed by atoms with Crippen LogP contribution in [0.3, 0.4) is 0 Å². The van der Waals surface area contributed by atoms with Crippen LogP contribution in [-0.2, 0) is 9.53 Å². The molecule has 0 bridgehead atoms. The van der Waals surface area contributed by atoms with Crippen LogP contribution in [0.25, 0.3) is 0 Å². The van der Waals surface area contributed by atoms with Gasteiger partial charge in [-0.2, -0.15) is 0 Å². The van der Waals surface area contributed by atoms with Crippen molar-refractivity contribution in [3.05, 3.63) is 35.6 Å². The summed E-state index contributed by atoms with van der Waals surface area (Å²) in [6.45, 7) is 3.82. The van der Waals surface area contributed by atoms with Gasteiger partial charge in [0.05, 0.1) is 13.0 Å². The molecule has 0 aliphatic carbocycles. The standard InChI is InChI=1S/C13H18FNO2/c1-8(2)11(13(16)17-3)12(15)9-4-6-10(14)7-5-9/h4-8,11-12H,15H2,1-3H3. The summed E-state index contributed by atoms with van der Waals surface area (Å²) in [4.78, 5) is 11.7. The van der Waals surface area contributed by atoms with Crippen molar-refractivity contribution in [3.63, 3.8) is 0 Å². The molecule has 2 N–H and O–H groups in total. The zero-order valence-corrected chi connectivity index (χ0v) is 10.3. The van der Waals surface area contributed by atoms with Gasteiger partial charge in [-0.05, 0) is 23.6 Å². The van der Waals surface area contributed by atoms with E-state index in [0.717, 1.165) is 5.56 Å². The highest BCUT2D eigenvalue weighted by Crippen LogP contribution is 2.27. The molecule has 0 radical (unpaired) electrons. The summed E-state index contributed by atoms with van der Waals surface area (Å²) >= 11 is 0. The molecule has 0 amide bonds. The molecule has 2 atom stereocenters. The number of halogens is 1. The molecule has 0 aliphatic heterocycles. The number of hydrogen-bond acceptors (Lipinski definition) is 3. The topological polar surface area (TPSA) is 52.3 Å². The van der Waals surface area contributed by atoms with E-state index in [2.05, 4.69) is 0 Å². The summed E-state index contributed by atoms with van der Waals surface area (Å²) < 4.78 is 17.5. The van der Waals surface area contributed by atoms with Gasteiger partial charge in [0, 0.05) is 6.04 Å². The Balaban J connectivity index is 2.95. The van der Waals surface area contributed by atoms with Crippen molar-refractivity contribution in [2.45, 2.75) is 19.9 Å². The maximum Gasteiger partial charge on any atom is 0.310 e. The lowest BCUT2D eigenvalue weighted by atomic mass is 9.85. The molecule has 0 fully saturated rings. The number of methoxy groups -OCH3 is 1. The predicted octanol–water partition coefficient (Wildman–Crippen LogP) is 2.27. The second-order valence-electron chi connectivity index (χ2n) is 4.37. The number of hydrogen-bond donors (Lipinski definition) is 1. The summed E-state index contributed by atoms with van der Waals surface area (Å²) in [5.41, 5.74) is 6.78. The van der Waals surface area contributed by atoms with E-state index in [4.69, 9.17) is 10.5 Å². The second kappa shape index (κ2) is 5.77. The maximum atomic E-state index is 12.8. The highest BCUT2D eigenvalue weighted by atomic mass is 19.1. The fourth-order valence-electron chi connectivity index (χ4n) is 1.86. The van der Waals surface area contributed by atoms with E-state index >= 15 is 0 Å². The monoisotopic (exact) mass is 239 g/mol. The van der Waals surface area contributed by atoms with Crippen LogP contribution >= 0.6 is 0 Å². The van der Waals surface area contributed by atoms with E-state index in [9.17, 15) is 9.18 Å². The number of carbonyl (C=O) groups is 1. The van der Waals surface area contributed by atoms with E-state index in [1.807, 2.05) is 13.8 Å². The molecule has 17 heavy (non-hydrogen) atoms. The molecular formula is C13H18FNO2. The SMILES string of the molecule is COC(=O)C(C(C)C)C(N)c1ccc(F)cc1. The van der Waals surface area contributed by atoms with Gasteiger partial charge in [-0.15, -0.1) is 0 Å². The van der Waals surface area contributed by atoms with Gasteiger partial charge in [-0.3, -0.25) is 4.79 Å². The van der Waals surface area contributed by atoms with Gasteiger partial charge in [-0.1, -0.05) is 26.0 Å². The van der Waals surface area contributed by atoms with Gasteiger partial charge in [-0.25, -0.2) is 4.39 Å². The lowest BCUT2D eigenvalue weighted by Gasteiger charge is -2.25. The van der Waals surface area contributed by atoms with Crippen LogP contribution in [0.2, 0.25) is 0 Å². The highest BCUT2D eigenvalue weighted by molar-refractivity contribution is 5.73. The molecule has 0 aromatic heterocycles. The van der Waals surface area contributed by atoms with Gasteiger partial charge in [0.25, 0.3) is 0 Å². The van der Waals surface area contributed by atoms with Gasteiger partial charge in [0.2, 0.25) is 0 Å². The summed E-state index contributed by atoms with van der Waals surface area (Å²) in [6.07, 6.45) is 0. The maximum absolute atomic E-state index is 12.8. The van der Waals surface area contributed by atoms with Gasteiger partial charge in [0.15, 0.2) is 0 Å². The predicted molar refractivity (Wildman–Crippen MR) is 63.7 cm³/mol. The summed E-state index contributed by atoms with van der Waals surface area (Å²) in [7, 11) is 1.34. The molecule has 1 aromatic rings. The Bertz CT molecular complexity index is 376. The lowest BCUT2D eigenvalue weighted by molar-refractivity contribution is -0.147. The van der Waals surface area contributed by atoms with E-state index < -0.39 is 12.0 Å². The number of rotatable bonds is 4. The third kappa shape index (κ3) is 3.27. The smallest absolute Gasteiger partial charge is 0.310 e.